The van der Waals surface area contributed by atoms with Crippen LogP contribution in [0.2, 0.25) is 5.02 Å². The summed E-state index contributed by atoms with van der Waals surface area (Å²) in [6.45, 7) is 8.42. The molecule has 2 aromatic rings. The Balaban J connectivity index is 1.82. The van der Waals surface area contributed by atoms with Crippen molar-refractivity contribution in [3.63, 3.8) is 0 Å². The van der Waals surface area contributed by atoms with Crippen molar-refractivity contribution < 1.29 is 31.9 Å². The Labute approximate surface area is 184 Å². The first-order valence-electron chi connectivity index (χ1n) is 9.04. The van der Waals surface area contributed by atoms with Crippen molar-refractivity contribution in [1.29, 1.82) is 0 Å². The summed E-state index contributed by atoms with van der Waals surface area (Å²) in [5.74, 6) is -0.595. The number of fused-ring (bicyclic) bond motifs is 1. The zero-order chi connectivity index (χ0) is 22.4. The molecule has 3 rings (SSSR count). The molecule has 0 bridgehead atoms. The first-order valence-corrected chi connectivity index (χ1v) is 10.2. The first-order chi connectivity index (χ1) is 13.7. The number of oxazole rings is 1. The molecule has 0 N–H and O–H groups in total. The van der Waals surface area contributed by atoms with Crippen molar-refractivity contribution >= 4 is 50.7 Å². The summed E-state index contributed by atoms with van der Waals surface area (Å²) < 4.78 is 53.0. The average Bonchev–Trinajstić information content (AvgIpc) is 3.00. The van der Waals surface area contributed by atoms with Crippen LogP contribution in [0.1, 0.15) is 27.7 Å². The highest BCUT2D eigenvalue weighted by molar-refractivity contribution is 9.10. The van der Waals surface area contributed by atoms with E-state index in [9.17, 15) is 18.0 Å². The molecule has 1 aromatic carbocycles. The number of alkyl halides is 3. The van der Waals surface area contributed by atoms with Crippen LogP contribution in [0.25, 0.3) is 11.1 Å². The van der Waals surface area contributed by atoms with Gasteiger partial charge >= 0.3 is 12.5 Å². The standard InChI is InChI=1S/C18H20BrClF3N3O4/c1-9-8-25(16(27)30-17(2,3)4)5-6-26(9)15-24-11-7-10(20)13(29-18(21,22)23)12(19)14(11)28-15/h7,9H,5-6,8H2,1-4H3. The molecule has 1 aliphatic rings. The molecule has 2 heterocycles. The molecule has 0 saturated carbocycles. The molecule has 1 unspecified atom stereocenters. The minimum atomic E-state index is -4.91. The van der Waals surface area contributed by atoms with Crippen molar-refractivity contribution in [3.8, 4) is 5.75 Å². The Morgan fingerprint density at radius 1 is 1.33 bits per heavy atom. The molecule has 1 fully saturated rings. The van der Waals surface area contributed by atoms with E-state index in [0.29, 0.717) is 19.6 Å². The minimum Gasteiger partial charge on any atom is -0.444 e. The summed E-state index contributed by atoms with van der Waals surface area (Å²) in [5, 5.41) is -0.255. The van der Waals surface area contributed by atoms with E-state index < -0.39 is 23.8 Å². The fourth-order valence-corrected chi connectivity index (χ4v) is 3.96. The normalized spacial score (nSPS) is 18.1. The summed E-state index contributed by atoms with van der Waals surface area (Å²) >= 11 is 9.00. The summed E-state index contributed by atoms with van der Waals surface area (Å²) in [4.78, 5) is 20.1. The number of halogens is 5. The van der Waals surface area contributed by atoms with Crippen LogP contribution in [0.5, 0.6) is 5.75 Å². The summed E-state index contributed by atoms with van der Waals surface area (Å²) in [6.07, 6.45) is -5.31. The van der Waals surface area contributed by atoms with Crippen LogP contribution in [0.3, 0.4) is 0 Å². The first kappa shape index (κ1) is 22.8. The number of benzene rings is 1. The van der Waals surface area contributed by atoms with Gasteiger partial charge in [0.1, 0.15) is 15.6 Å². The second kappa shape index (κ2) is 7.99. The van der Waals surface area contributed by atoms with Gasteiger partial charge in [-0.3, -0.25) is 0 Å². The maximum Gasteiger partial charge on any atom is 0.573 e. The third-order valence-corrected chi connectivity index (χ3v) is 5.26. The number of carbonyl (C=O) groups excluding carboxylic acids is 1. The third kappa shape index (κ3) is 5.05. The van der Waals surface area contributed by atoms with Crippen molar-refractivity contribution in [2.75, 3.05) is 24.5 Å². The lowest BCUT2D eigenvalue weighted by Gasteiger charge is -2.39. The number of rotatable bonds is 2. The molecule has 1 saturated heterocycles. The maximum absolute atomic E-state index is 12.7. The summed E-state index contributed by atoms with van der Waals surface area (Å²) in [6, 6.07) is 1.29. The van der Waals surface area contributed by atoms with E-state index in [1.54, 1.807) is 25.7 Å². The molecule has 30 heavy (non-hydrogen) atoms. The smallest absolute Gasteiger partial charge is 0.444 e. The van der Waals surface area contributed by atoms with E-state index in [1.165, 1.54) is 6.07 Å². The Hall–Kier alpha value is -1.88. The number of carbonyl (C=O) groups is 1. The van der Waals surface area contributed by atoms with Gasteiger partial charge in [0.2, 0.25) is 0 Å². The summed E-state index contributed by atoms with van der Waals surface area (Å²) in [7, 11) is 0. The molecule has 0 radical (unpaired) electrons. The van der Waals surface area contributed by atoms with Crippen LogP contribution in [0.15, 0.2) is 15.0 Å². The fourth-order valence-electron chi connectivity index (χ4n) is 3.04. The number of amides is 1. The van der Waals surface area contributed by atoms with E-state index in [2.05, 4.69) is 25.7 Å². The number of nitrogens with zero attached hydrogens (tertiary/aromatic N) is 3. The van der Waals surface area contributed by atoms with Gasteiger partial charge in [-0.2, -0.15) is 4.98 Å². The van der Waals surface area contributed by atoms with Crippen molar-refractivity contribution in [3.05, 3.63) is 15.6 Å². The average molecular weight is 515 g/mol. The topological polar surface area (TPSA) is 68.0 Å². The highest BCUT2D eigenvalue weighted by atomic mass is 79.9. The van der Waals surface area contributed by atoms with Crippen molar-refractivity contribution in [2.45, 2.75) is 45.7 Å². The van der Waals surface area contributed by atoms with E-state index in [4.69, 9.17) is 20.8 Å². The number of aromatic nitrogens is 1. The number of hydrogen-bond donors (Lipinski definition) is 0. The van der Waals surface area contributed by atoms with Gasteiger partial charge in [0, 0.05) is 25.7 Å². The molecule has 7 nitrogen and oxygen atoms in total. The van der Waals surface area contributed by atoms with Gasteiger partial charge in [0.25, 0.3) is 6.01 Å². The molecule has 1 atom stereocenters. The zero-order valence-electron chi connectivity index (χ0n) is 16.6. The predicted octanol–water partition coefficient (Wildman–Crippen LogP) is 5.59. The lowest BCUT2D eigenvalue weighted by Crippen LogP contribution is -2.54. The van der Waals surface area contributed by atoms with Crippen LogP contribution in [-0.4, -0.2) is 53.6 Å². The Morgan fingerprint density at radius 2 is 2.00 bits per heavy atom. The molecule has 1 amide bonds. The molecule has 0 aliphatic carbocycles. The second-order valence-corrected chi connectivity index (χ2v) is 9.06. The Bertz CT molecular complexity index is 961. The van der Waals surface area contributed by atoms with E-state index >= 15 is 0 Å². The lowest BCUT2D eigenvalue weighted by molar-refractivity contribution is -0.274. The minimum absolute atomic E-state index is 0.0791. The number of ether oxygens (including phenoxy) is 2. The number of hydrogen-bond acceptors (Lipinski definition) is 6. The summed E-state index contributed by atoms with van der Waals surface area (Å²) in [5.41, 5.74) is -0.243. The molecular formula is C18H20BrClF3N3O4. The zero-order valence-corrected chi connectivity index (χ0v) is 19.0. The van der Waals surface area contributed by atoms with Crippen molar-refractivity contribution in [1.82, 2.24) is 9.88 Å². The van der Waals surface area contributed by atoms with Gasteiger partial charge in [-0.25, -0.2) is 4.79 Å². The predicted molar refractivity (Wildman–Crippen MR) is 108 cm³/mol. The van der Waals surface area contributed by atoms with Gasteiger partial charge in [-0.1, -0.05) is 11.6 Å². The highest BCUT2D eigenvalue weighted by Gasteiger charge is 2.35. The van der Waals surface area contributed by atoms with Crippen LogP contribution >= 0.6 is 27.5 Å². The SMILES string of the molecule is CC1CN(C(=O)OC(C)(C)C)CCN1c1nc2cc(Cl)c(OC(F)(F)F)c(Br)c2o1. The quantitative estimate of drug-likeness (QED) is 0.521. The molecular weight excluding hydrogens is 495 g/mol. The Kier molecular flexibility index (Phi) is 6.07. The van der Waals surface area contributed by atoms with E-state index in [-0.39, 0.29) is 32.7 Å². The van der Waals surface area contributed by atoms with Crippen molar-refractivity contribution in [2.24, 2.45) is 0 Å². The molecule has 12 heteroatoms. The van der Waals surface area contributed by atoms with E-state index in [0.717, 1.165) is 0 Å². The van der Waals surface area contributed by atoms with Gasteiger partial charge in [-0.15, -0.1) is 13.2 Å². The Morgan fingerprint density at radius 3 is 2.57 bits per heavy atom. The van der Waals surface area contributed by atoms with Gasteiger partial charge < -0.3 is 23.7 Å². The van der Waals surface area contributed by atoms with Gasteiger partial charge in [-0.05, 0) is 49.7 Å². The van der Waals surface area contributed by atoms with Gasteiger partial charge in [0.15, 0.2) is 11.3 Å². The molecule has 1 aromatic heterocycles. The second-order valence-electron chi connectivity index (χ2n) is 7.86. The lowest BCUT2D eigenvalue weighted by atomic mass is 10.2. The number of anilines is 1. The molecule has 166 valence electrons. The van der Waals surface area contributed by atoms with Gasteiger partial charge in [0.05, 0.1) is 5.02 Å². The van der Waals surface area contributed by atoms with Crippen LogP contribution < -0.4 is 9.64 Å². The van der Waals surface area contributed by atoms with Crippen LogP contribution in [-0.2, 0) is 4.74 Å². The molecule has 1 aliphatic heterocycles. The fraction of sp³-hybridized carbons (Fsp3) is 0.556. The largest absolute Gasteiger partial charge is 0.573 e. The number of piperazine rings is 1. The highest BCUT2D eigenvalue weighted by Crippen LogP contribution is 2.43. The van der Waals surface area contributed by atoms with Crippen LogP contribution in [0.4, 0.5) is 24.0 Å². The maximum atomic E-state index is 12.7. The third-order valence-electron chi connectivity index (χ3n) is 4.26. The van der Waals surface area contributed by atoms with Crippen LogP contribution in [0, 0.1) is 0 Å². The monoisotopic (exact) mass is 513 g/mol. The molecule has 0 spiro atoms. The van der Waals surface area contributed by atoms with E-state index in [1.807, 2.05) is 11.8 Å².